The summed E-state index contributed by atoms with van der Waals surface area (Å²) in [5.41, 5.74) is 0.237. The largest absolute Gasteiger partial charge is 0.476 e. The monoisotopic (exact) mass is 197 g/mol. The molecule has 0 saturated heterocycles. The Morgan fingerprint density at radius 2 is 2.38 bits per heavy atom. The van der Waals surface area contributed by atoms with Crippen molar-refractivity contribution < 1.29 is 9.90 Å². The van der Waals surface area contributed by atoms with Crippen LogP contribution in [0.1, 0.15) is 33.2 Å². The first-order chi connectivity index (χ1) is 6.16. The fourth-order valence-corrected chi connectivity index (χ4v) is 2.34. The van der Waals surface area contributed by atoms with Gasteiger partial charge in [0.15, 0.2) is 5.69 Å². The first-order valence-corrected chi connectivity index (χ1v) is 5.18. The maximum atomic E-state index is 10.7. The van der Waals surface area contributed by atoms with Crippen molar-refractivity contribution in [3.05, 3.63) is 15.6 Å². The minimum absolute atomic E-state index is 0.237. The number of nitrogens with zero attached hydrogens (tertiary/aromatic N) is 1. The molecule has 1 heterocycles. The Morgan fingerprint density at radius 1 is 1.69 bits per heavy atom. The molecule has 1 N–H and O–H groups in total. The van der Waals surface area contributed by atoms with Crippen LogP contribution in [0.5, 0.6) is 0 Å². The van der Waals surface area contributed by atoms with Gasteiger partial charge in [-0.25, -0.2) is 9.78 Å². The molecule has 0 bridgehead atoms. The van der Waals surface area contributed by atoms with Crippen molar-refractivity contribution in [1.29, 1.82) is 0 Å². The molecule has 70 valence electrons. The zero-order chi connectivity index (χ0) is 9.42. The molecule has 0 aliphatic heterocycles. The smallest absolute Gasteiger partial charge is 0.355 e. The summed E-state index contributed by atoms with van der Waals surface area (Å²) in [6, 6.07) is 0. The van der Waals surface area contributed by atoms with Gasteiger partial charge in [-0.2, -0.15) is 0 Å². The third kappa shape index (κ3) is 1.88. The second-order valence-electron chi connectivity index (χ2n) is 3.47. The predicted octanol–water partition coefficient (Wildman–Crippen LogP) is 2.10. The summed E-state index contributed by atoms with van der Waals surface area (Å²) in [6.07, 6.45) is 3.53. The van der Waals surface area contributed by atoms with Gasteiger partial charge in [0.2, 0.25) is 0 Å². The summed E-state index contributed by atoms with van der Waals surface area (Å²) in [7, 11) is 0. The van der Waals surface area contributed by atoms with Crippen LogP contribution in [0.2, 0.25) is 0 Å². The lowest BCUT2D eigenvalue weighted by Gasteiger charge is -1.88. The second-order valence-corrected chi connectivity index (χ2v) is 4.75. The molecule has 0 aromatic carbocycles. The van der Waals surface area contributed by atoms with Crippen LogP contribution in [0, 0.1) is 12.8 Å². The first kappa shape index (κ1) is 8.69. The van der Waals surface area contributed by atoms with E-state index >= 15 is 0 Å². The predicted molar refractivity (Wildman–Crippen MR) is 50.2 cm³/mol. The molecule has 0 unspecified atom stereocenters. The topological polar surface area (TPSA) is 50.2 Å². The Morgan fingerprint density at radius 3 is 2.85 bits per heavy atom. The van der Waals surface area contributed by atoms with Gasteiger partial charge in [-0.05, 0) is 25.7 Å². The average molecular weight is 197 g/mol. The molecule has 1 aromatic rings. The van der Waals surface area contributed by atoms with E-state index in [2.05, 4.69) is 4.98 Å². The summed E-state index contributed by atoms with van der Waals surface area (Å²) in [5, 5.41) is 9.76. The van der Waals surface area contributed by atoms with Crippen molar-refractivity contribution in [3.63, 3.8) is 0 Å². The number of aryl methyl sites for hydroxylation is 1. The van der Waals surface area contributed by atoms with E-state index in [1.807, 2.05) is 6.92 Å². The third-order valence-corrected chi connectivity index (χ3v) is 3.20. The van der Waals surface area contributed by atoms with Crippen LogP contribution in [-0.2, 0) is 6.42 Å². The maximum absolute atomic E-state index is 10.7. The van der Waals surface area contributed by atoms with Gasteiger partial charge in [0.1, 0.15) is 0 Å². The lowest BCUT2D eigenvalue weighted by molar-refractivity contribution is 0.0690. The molecule has 0 radical (unpaired) electrons. The summed E-state index contributed by atoms with van der Waals surface area (Å²) in [6.45, 7) is 1.82. The summed E-state index contributed by atoms with van der Waals surface area (Å²) in [4.78, 5) is 15.6. The quantitative estimate of drug-likeness (QED) is 0.807. The molecule has 1 saturated carbocycles. The maximum Gasteiger partial charge on any atom is 0.355 e. The highest BCUT2D eigenvalue weighted by Crippen LogP contribution is 2.34. The highest BCUT2D eigenvalue weighted by molar-refractivity contribution is 7.11. The fourth-order valence-electron chi connectivity index (χ4n) is 1.31. The van der Waals surface area contributed by atoms with E-state index in [1.54, 1.807) is 0 Å². The number of carbonyl (C=O) groups is 1. The molecule has 3 nitrogen and oxygen atoms in total. The molecule has 0 spiro atoms. The lowest BCUT2D eigenvalue weighted by atomic mass is 10.3. The zero-order valence-electron chi connectivity index (χ0n) is 7.41. The van der Waals surface area contributed by atoms with Crippen LogP contribution < -0.4 is 0 Å². The van der Waals surface area contributed by atoms with E-state index in [0.29, 0.717) is 0 Å². The van der Waals surface area contributed by atoms with Gasteiger partial charge in [-0.3, -0.25) is 0 Å². The van der Waals surface area contributed by atoms with Crippen LogP contribution in [0.3, 0.4) is 0 Å². The van der Waals surface area contributed by atoms with E-state index in [0.717, 1.165) is 22.2 Å². The van der Waals surface area contributed by atoms with Crippen molar-refractivity contribution >= 4 is 17.3 Å². The number of hydrogen-bond donors (Lipinski definition) is 1. The van der Waals surface area contributed by atoms with Crippen LogP contribution in [0.25, 0.3) is 0 Å². The van der Waals surface area contributed by atoms with Crippen LogP contribution >= 0.6 is 11.3 Å². The van der Waals surface area contributed by atoms with Crippen LogP contribution in [-0.4, -0.2) is 16.1 Å². The lowest BCUT2D eigenvalue weighted by Crippen LogP contribution is -1.99. The number of carboxylic acid groups (broad SMARTS) is 1. The van der Waals surface area contributed by atoms with Crippen molar-refractivity contribution in [2.45, 2.75) is 26.2 Å². The number of carboxylic acids is 1. The highest BCUT2D eigenvalue weighted by Gasteiger charge is 2.24. The minimum atomic E-state index is -0.907. The van der Waals surface area contributed by atoms with Gasteiger partial charge in [0.25, 0.3) is 0 Å². The number of hydrogen-bond acceptors (Lipinski definition) is 3. The van der Waals surface area contributed by atoms with Crippen molar-refractivity contribution in [1.82, 2.24) is 4.98 Å². The molecule has 1 fully saturated rings. The molecule has 1 aliphatic rings. The number of aromatic nitrogens is 1. The van der Waals surface area contributed by atoms with E-state index in [4.69, 9.17) is 5.11 Å². The van der Waals surface area contributed by atoms with Crippen LogP contribution in [0.4, 0.5) is 0 Å². The van der Waals surface area contributed by atoms with E-state index in [1.165, 1.54) is 24.2 Å². The molecule has 2 rings (SSSR count). The Labute approximate surface area is 80.4 Å². The van der Waals surface area contributed by atoms with Crippen molar-refractivity contribution in [3.8, 4) is 0 Å². The Balaban J connectivity index is 2.18. The van der Waals surface area contributed by atoms with E-state index < -0.39 is 5.97 Å². The number of rotatable bonds is 3. The number of thiazole rings is 1. The molecular weight excluding hydrogens is 186 g/mol. The van der Waals surface area contributed by atoms with Gasteiger partial charge in [-0.15, -0.1) is 11.3 Å². The standard InChI is InChI=1S/C9H11NO2S/c1-5-8(9(11)12)10-7(13-5)4-6-2-3-6/h6H,2-4H2,1H3,(H,11,12). The minimum Gasteiger partial charge on any atom is -0.476 e. The highest BCUT2D eigenvalue weighted by atomic mass is 32.1. The van der Waals surface area contributed by atoms with Gasteiger partial charge < -0.3 is 5.11 Å². The molecule has 1 aliphatic carbocycles. The molecule has 4 heteroatoms. The van der Waals surface area contributed by atoms with E-state index in [-0.39, 0.29) is 5.69 Å². The molecule has 0 amide bonds. The van der Waals surface area contributed by atoms with Crippen molar-refractivity contribution in [2.24, 2.45) is 5.92 Å². The number of aromatic carboxylic acids is 1. The zero-order valence-corrected chi connectivity index (χ0v) is 8.23. The second kappa shape index (κ2) is 3.10. The molecular formula is C9H11NO2S. The van der Waals surface area contributed by atoms with Gasteiger partial charge in [0.05, 0.1) is 5.01 Å². The molecule has 0 atom stereocenters. The van der Waals surface area contributed by atoms with E-state index in [9.17, 15) is 4.79 Å². The third-order valence-electron chi connectivity index (χ3n) is 2.20. The van der Waals surface area contributed by atoms with Crippen LogP contribution in [0.15, 0.2) is 0 Å². The summed E-state index contributed by atoms with van der Waals surface area (Å²) >= 11 is 1.52. The van der Waals surface area contributed by atoms with Gasteiger partial charge in [-0.1, -0.05) is 0 Å². The Kier molecular flexibility index (Phi) is 2.07. The summed E-state index contributed by atoms with van der Waals surface area (Å²) in [5.74, 6) is -0.136. The SMILES string of the molecule is Cc1sc(CC2CC2)nc1C(=O)O. The normalized spacial score (nSPS) is 16.1. The average Bonchev–Trinajstić information content (AvgIpc) is 2.75. The molecule has 13 heavy (non-hydrogen) atoms. The fraction of sp³-hybridized carbons (Fsp3) is 0.556. The van der Waals surface area contributed by atoms with Gasteiger partial charge in [0, 0.05) is 11.3 Å². The first-order valence-electron chi connectivity index (χ1n) is 4.36. The van der Waals surface area contributed by atoms with Gasteiger partial charge >= 0.3 is 5.97 Å². The Bertz CT molecular complexity index is 341. The Hall–Kier alpha value is -0.900. The summed E-state index contributed by atoms with van der Waals surface area (Å²) < 4.78 is 0. The molecule has 1 aromatic heterocycles. The van der Waals surface area contributed by atoms with Crippen molar-refractivity contribution in [2.75, 3.05) is 0 Å².